The van der Waals surface area contributed by atoms with Gasteiger partial charge in [-0.1, -0.05) is 12.2 Å². The van der Waals surface area contributed by atoms with Crippen molar-refractivity contribution in [3.8, 4) is 0 Å². The number of hydrogen-bond acceptors (Lipinski definition) is 3. The fourth-order valence-electron chi connectivity index (χ4n) is 1.01. The van der Waals surface area contributed by atoms with Crippen LogP contribution >= 0.6 is 0 Å². The van der Waals surface area contributed by atoms with Crippen LogP contribution in [0.4, 0.5) is 0 Å². The van der Waals surface area contributed by atoms with Crippen LogP contribution in [0.5, 0.6) is 0 Å². The van der Waals surface area contributed by atoms with Crippen molar-refractivity contribution in [2.75, 3.05) is 0 Å². The highest BCUT2D eigenvalue weighted by molar-refractivity contribution is 4.93. The van der Waals surface area contributed by atoms with Crippen molar-refractivity contribution in [2.45, 2.75) is 38.6 Å². The van der Waals surface area contributed by atoms with Crippen LogP contribution in [0.2, 0.25) is 0 Å². The van der Waals surface area contributed by atoms with Gasteiger partial charge in [0.25, 0.3) is 0 Å². The van der Waals surface area contributed by atoms with E-state index in [-0.39, 0.29) is 6.10 Å². The molecule has 0 bridgehead atoms. The van der Waals surface area contributed by atoms with Gasteiger partial charge in [-0.2, -0.15) is 0 Å². The molecule has 2 unspecified atom stereocenters. The summed E-state index contributed by atoms with van der Waals surface area (Å²) in [6.07, 6.45) is 6.44. The Morgan fingerprint density at radius 3 is 3.00 bits per heavy atom. The van der Waals surface area contributed by atoms with E-state index in [9.17, 15) is 0 Å². The van der Waals surface area contributed by atoms with E-state index < -0.39 is 6.29 Å². The first-order valence-corrected chi connectivity index (χ1v) is 3.96. The van der Waals surface area contributed by atoms with Crippen molar-refractivity contribution < 1.29 is 14.9 Å². The Kier molecular flexibility index (Phi) is 3.56. The van der Waals surface area contributed by atoms with Crippen molar-refractivity contribution in [3.05, 3.63) is 12.2 Å². The molecule has 0 heterocycles. The molecule has 1 aliphatic carbocycles. The van der Waals surface area contributed by atoms with Gasteiger partial charge in [0, 0.05) is 0 Å². The van der Waals surface area contributed by atoms with E-state index in [4.69, 9.17) is 9.99 Å². The highest BCUT2D eigenvalue weighted by Crippen LogP contribution is 2.13. The lowest BCUT2D eigenvalue weighted by atomic mass is 10.1. The quantitative estimate of drug-likeness (QED) is 0.292. The minimum absolute atomic E-state index is 0.0262. The second-order valence-corrected chi connectivity index (χ2v) is 2.69. The normalized spacial score (nSPS) is 26.9. The fraction of sp³-hybridized carbons (Fsp3) is 0.750. The fourth-order valence-corrected chi connectivity index (χ4v) is 1.01. The van der Waals surface area contributed by atoms with Gasteiger partial charge in [-0.3, -0.25) is 0 Å². The molecule has 0 aromatic rings. The van der Waals surface area contributed by atoms with Gasteiger partial charge in [0.1, 0.15) is 6.10 Å². The van der Waals surface area contributed by atoms with E-state index in [1.807, 2.05) is 6.08 Å². The molecule has 1 rings (SSSR count). The first kappa shape index (κ1) is 8.71. The lowest BCUT2D eigenvalue weighted by Gasteiger charge is -2.16. The van der Waals surface area contributed by atoms with E-state index in [0.717, 1.165) is 19.3 Å². The van der Waals surface area contributed by atoms with Crippen LogP contribution in [0.1, 0.15) is 26.2 Å². The summed E-state index contributed by atoms with van der Waals surface area (Å²) in [5.41, 5.74) is 0. The lowest BCUT2D eigenvalue weighted by Crippen LogP contribution is -2.17. The van der Waals surface area contributed by atoms with Gasteiger partial charge in [0.15, 0.2) is 6.29 Å². The molecule has 0 aromatic heterocycles. The van der Waals surface area contributed by atoms with Gasteiger partial charge in [-0.05, 0) is 26.2 Å². The first-order chi connectivity index (χ1) is 5.29. The molecular formula is C8H14O3. The van der Waals surface area contributed by atoms with Gasteiger partial charge in [0.2, 0.25) is 0 Å². The Labute approximate surface area is 66.5 Å². The van der Waals surface area contributed by atoms with Crippen LogP contribution in [-0.2, 0) is 9.78 Å². The predicted molar refractivity (Wildman–Crippen MR) is 40.6 cm³/mol. The molecule has 3 nitrogen and oxygen atoms in total. The van der Waals surface area contributed by atoms with Crippen LogP contribution < -0.4 is 0 Å². The van der Waals surface area contributed by atoms with Crippen LogP contribution in [-0.4, -0.2) is 17.5 Å². The summed E-state index contributed by atoms with van der Waals surface area (Å²) in [4.78, 5) is 9.49. The third kappa shape index (κ3) is 3.51. The second kappa shape index (κ2) is 4.49. The van der Waals surface area contributed by atoms with Crippen molar-refractivity contribution >= 4 is 0 Å². The molecule has 0 spiro atoms. The molecule has 0 aromatic carbocycles. The van der Waals surface area contributed by atoms with Crippen LogP contribution in [0, 0.1) is 0 Å². The molecule has 0 saturated carbocycles. The molecule has 11 heavy (non-hydrogen) atoms. The zero-order valence-corrected chi connectivity index (χ0v) is 6.69. The highest BCUT2D eigenvalue weighted by Gasteiger charge is 2.10. The topological polar surface area (TPSA) is 38.7 Å². The number of aliphatic hydroxyl groups excluding tert-OH is 1. The van der Waals surface area contributed by atoms with Crippen molar-refractivity contribution in [3.63, 3.8) is 0 Å². The molecule has 0 aliphatic heterocycles. The Morgan fingerprint density at radius 1 is 1.64 bits per heavy atom. The minimum Gasteiger partial charge on any atom is -0.366 e. The number of rotatable bonds is 3. The largest absolute Gasteiger partial charge is 0.366 e. The molecule has 1 aliphatic rings. The zero-order valence-electron chi connectivity index (χ0n) is 6.69. The van der Waals surface area contributed by atoms with E-state index in [2.05, 4.69) is 11.0 Å². The molecule has 1 N–H and O–H groups in total. The van der Waals surface area contributed by atoms with Crippen molar-refractivity contribution in [2.24, 2.45) is 0 Å². The minimum atomic E-state index is -0.842. The average Bonchev–Trinajstić information content (AvgIpc) is 2.03. The third-order valence-electron chi connectivity index (χ3n) is 1.53. The predicted octanol–water partition coefficient (Wildman–Crippen LogP) is 1.38. The average molecular weight is 158 g/mol. The summed E-state index contributed by atoms with van der Waals surface area (Å²) < 4.78 is 0. The van der Waals surface area contributed by atoms with E-state index in [0.29, 0.717) is 0 Å². The molecule has 64 valence electrons. The van der Waals surface area contributed by atoms with Crippen molar-refractivity contribution in [1.82, 2.24) is 0 Å². The lowest BCUT2D eigenvalue weighted by molar-refractivity contribution is -0.379. The van der Waals surface area contributed by atoms with Crippen molar-refractivity contribution in [1.29, 1.82) is 0 Å². The SMILES string of the molecule is CC(O)OOC1C=CCCC1. The summed E-state index contributed by atoms with van der Waals surface area (Å²) >= 11 is 0. The second-order valence-electron chi connectivity index (χ2n) is 2.69. The zero-order chi connectivity index (χ0) is 8.10. The van der Waals surface area contributed by atoms with Crippen LogP contribution in [0.15, 0.2) is 12.2 Å². The van der Waals surface area contributed by atoms with Gasteiger partial charge in [-0.15, -0.1) is 0 Å². The molecular weight excluding hydrogens is 144 g/mol. The van der Waals surface area contributed by atoms with Crippen LogP contribution in [0.3, 0.4) is 0 Å². The molecule has 0 amide bonds. The molecule has 3 heteroatoms. The van der Waals surface area contributed by atoms with Gasteiger partial charge >= 0.3 is 0 Å². The Bertz CT molecular complexity index is 131. The smallest absolute Gasteiger partial charge is 0.185 e. The van der Waals surface area contributed by atoms with E-state index >= 15 is 0 Å². The summed E-state index contributed by atoms with van der Waals surface area (Å²) in [7, 11) is 0. The monoisotopic (exact) mass is 158 g/mol. The summed E-state index contributed by atoms with van der Waals surface area (Å²) in [6, 6.07) is 0. The Balaban J connectivity index is 2.15. The number of hydrogen-bond donors (Lipinski definition) is 1. The van der Waals surface area contributed by atoms with Crippen LogP contribution in [0.25, 0.3) is 0 Å². The number of aliphatic hydroxyl groups is 1. The first-order valence-electron chi connectivity index (χ1n) is 3.96. The summed E-state index contributed by atoms with van der Waals surface area (Å²) in [5, 5.41) is 8.71. The summed E-state index contributed by atoms with van der Waals surface area (Å²) in [6.45, 7) is 1.52. The maximum absolute atomic E-state index is 8.71. The summed E-state index contributed by atoms with van der Waals surface area (Å²) in [5.74, 6) is 0. The number of allylic oxidation sites excluding steroid dienone is 1. The van der Waals surface area contributed by atoms with E-state index in [1.165, 1.54) is 6.92 Å². The van der Waals surface area contributed by atoms with Gasteiger partial charge in [-0.25, -0.2) is 9.78 Å². The highest BCUT2D eigenvalue weighted by atomic mass is 17.2. The molecule has 2 atom stereocenters. The standard InChI is InChI=1S/C8H14O3/c1-7(9)10-11-8-5-3-2-4-6-8/h3,5,7-9H,2,4,6H2,1H3. The Hall–Kier alpha value is -0.380. The maximum Gasteiger partial charge on any atom is 0.185 e. The van der Waals surface area contributed by atoms with E-state index in [1.54, 1.807) is 0 Å². The molecule has 0 radical (unpaired) electrons. The maximum atomic E-state index is 8.71. The van der Waals surface area contributed by atoms with Gasteiger partial charge < -0.3 is 5.11 Å². The van der Waals surface area contributed by atoms with Gasteiger partial charge in [0.05, 0.1) is 0 Å². The molecule has 0 saturated heterocycles. The molecule has 0 fully saturated rings. The Morgan fingerprint density at radius 2 is 2.45 bits per heavy atom. The third-order valence-corrected chi connectivity index (χ3v) is 1.53.